The summed E-state index contributed by atoms with van der Waals surface area (Å²) < 4.78 is 26.7. The molecule has 0 fully saturated rings. The molecule has 1 aliphatic rings. The van der Waals surface area contributed by atoms with Gasteiger partial charge in [0, 0.05) is 35.7 Å². The van der Waals surface area contributed by atoms with Gasteiger partial charge >= 0.3 is 0 Å². The van der Waals surface area contributed by atoms with Crippen molar-refractivity contribution in [3.05, 3.63) is 53.6 Å². The maximum atomic E-state index is 12.7. The summed E-state index contributed by atoms with van der Waals surface area (Å²) in [7, 11) is -3.52. The van der Waals surface area contributed by atoms with Gasteiger partial charge in [-0.15, -0.1) is 11.8 Å². The van der Waals surface area contributed by atoms with Crippen LogP contribution in [-0.4, -0.2) is 43.4 Å². The number of rotatable bonds is 7. The van der Waals surface area contributed by atoms with Crippen LogP contribution in [0.2, 0.25) is 0 Å². The molecule has 2 amide bonds. The average Bonchev–Trinajstić information content (AvgIpc) is 2.94. The quantitative estimate of drug-likeness (QED) is 0.656. The molecule has 1 unspecified atom stereocenters. The van der Waals surface area contributed by atoms with Gasteiger partial charge in [-0.2, -0.15) is 4.31 Å². The van der Waals surface area contributed by atoms with Crippen molar-refractivity contribution in [2.45, 2.75) is 43.0 Å². The van der Waals surface area contributed by atoms with Crippen molar-refractivity contribution in [3.8, 4) is 0 Å². The molecule has 0 saturated carbocycles. The van der Waals surface area contributed by atoms with Crippen LogP contribution >= 0.6 is 11.8 Å². The van der Waals surface area contributed by atoms with Crippen molar-refractivity contribution < 1.29 is 18.0 Å². The molecule has 9 heteroatoms. The van der Waals surface area contributed by atoms with E-state index in [9.17, 15) is 18.0 Å². The van der Waals surface area contributed by atoms with E-state index in [1.807, 2.05) is 13.0 Å². The number of hydrogen-bond acceptors (Lipinski definition) is 5. The van der Waals surface area contributed by atoms with E-state index in [0.717, 1.165) is 10.5 Å². The number of thioether (sulfide) groups is 1. The Balaban J connectivity index is 1.72. The number of amides is 2. The van der Waals surface area contributed by atoms with E-state index in [0.29, 0.717) is 36.5 Å². The van der Waals surface area contributed by atoms with Gasteiger partial charge in [0.15, 0.2) is 0 Å². The van der Waals surface area contributed by atoms with Crippen molar-refractivity contribution in [3.63, 3.8) is 0 Å². The molecule has 0 aliphatic carbocycles. The van der Waals surface area contributed by atoms with Gasteiger partial charge in [-0.1, -0.05) is 26.0 Å². The van der Waals surface area contributed by atoms with Gasteiger partial charge in [-0.3, -0.25) is 9.59 Å². The summed E-state index contributed by atoms with van der Waals surface area (Å²) >= 11 is 1.59. The molecular formula is C22H27N3O4S2. The van der Waals surface area contributed by atoms with E-state index >= 15 is 0 Å². The third-order valence-corrected chi connectivity index (χ3v) is 8.31. The molecule has 0 radical (unpaired) electrons. The fraction of sp³-hybridized carbons (Fsp3) is 0.364. The predicted octanol–water partition coefficient (Wildman–Crippen LogP) is 3.64. The molecule has 0 saturated heterocycles. The molecular weight excluding hydrogens is 434 g/mol. The zero-order valence-corrected chi connectivity index (χ0v) is 19.5. The SMILES string of the molecule is CCN(CC)S(=O)(=O)c1ccc(C(C)NC(=O)c2ccc3c(c2)NC(=O)CCS3)cc1. The molecule has 2 aromatic carbocycles. The van der Waals surface area contributed by atoms with Crippen LogP contribution < -0.4 is 10.6 Å². The number of sulfonamides is 1. The van der Waals surface area contributed by atoms with Gasteiger partial charge in [-0.25, -0.2) is 8.42 Å². The lowest BCUT2D eigenvalue weighted by atomic mass is 10.1. The molecule has 0 spiro atoms. The fourth-order valence-corrected chi connectivity index (χ4v) is 5.76. The van der Waals surface area contributed by atoms with E-state index in [1.165, 1.54) is 4.31 Å². The molecule has 1 atom stereocenters. The number of carbonyl (C=O) groups is 2. The summed E-state index contributed by atoms with van der Waals surface area (Å²) in [4.78, 5) is 25.7. The summed E-state index contributed by atoms with van der Waals surface area (Å²) in [5, 5.41) is 5.77. The van der Waals surface area contributed by atoms with Crippen LogP contribution in [0.1, 0.15) is 49.2 Å². The topological polar surface area (TPSA) is 95.6 Å². The van der Waals surface area contributed by atoms with Gasteiger partial charge in [0.05, 0.1) is 16.6 Å². The molecule has 2 aromatic rings. The summed E-state index contributed by atoms with van der Waals surface area (Å²) in [5.74, 6) is 0.386. The van der Waals surface area contributed by atoms with Crippen LogP contribution in [0.4, 0.5) is 5.69 Å². The van der Waals surface area contributed by atoms with Crippen LogP contribution in [0, 0.1) is 0 Å². The fourth-order valence-electron chi connectivity index (χ4n) is 3.37. The monoisotopic (exact) mass is 461 g/mol. The predicted molar refractivity (Wildman–Crippen MR) is 123 cm³/mol. The van der Waals surface area contributed by atoms with Crippen molar-refractivity contribution in [2.24, 2.45) is 0 Å². The van der Waals surface area contributed by atoms with Gasteiger partial charge < -0.3 is 10.6 Å². The molecule has 31 heavy (non-hydrogen) atoms. The summed E-state index contributed by atoms with van der Waals surface area (Å²) in [5.41, 5.74) is 1.90. The minimum absolute atomic E-state index is 0.0584. The van der Waals surface area contributed by atoms with Gasteiger partial charge in [0.2, 0.25) is 15.9 Å². The molecule has 0 aromatic heterocycles. The second-order valence-electron chi connectivity index (χ2n) is 7.21. The Hall–Kier alpha value is -2.36. The Kier molecular flexibility index (Phi) is 7.40. The third-order valence-electron chi connectivity index (χ3n) is 5.17. The zero-order valence-electron chi connectivity index (χ0n) is 17.8. The van der Waals surface area contributed by atoms with E-state index in [2.05, 4.69) is 10.6 Å². The number of hydrogen-bond donors (Lipinski definition) is 2. The molecule has 2 N–H and O–H groups in total. The smallest absolute Gasteiger partial charge is 0.251 e. The minimum Gasteiger partial charge on any atom is -0.346 e. The Bertz CT molecular complexity index is 1060. The molecule has 0 bridgehead atoms. The minimum atomic E-state index is -3.52. The second-order valence-corrected chi connectivity index (χ2v) is 10.3. The number of fused-ring (bicyclic) bond motifs is 1. The van der Waals surface area contributed by atoms with Crippen molar-refractivity contribution >= 4 is 39.3 Å². The lowest BCUT2D eigenvalue weighted by Crippen LogP contribution is -2.30. The highest BCUT2D eigenvalue weighted by Crippen LogP contribution is 2.31. The first-order valence-electron chi connectivity index (χ1n) is 10.2. The van der Waals surface area contributed by atoms with Crippen molar-refractivity contribution in [2.75, 3.05) is 24.2 Å². The summed E-state index contributed by atoms with van der Waals surface area (Å²) in [6.07, 6.45) is 0.442. The normalized spacial score (nSPS) is 15.0. The Morgan fingerprint density at radius 3 is 2.48 bits per heavy atom. The van der Waals surface area contributed by atoms with Crippen LogP contribution in [0.25, 0.3) is 0 Å². The maximum absolute atomic E-state index is 12.7. The number of nitrogens with zero attached hydrogens (tertiary/aromatic N) is 1. The molecule has 7 nitrogen and oxygen atoms in total. The van der Waals surface area contributed by atoms with Crippen LogP contribution in [-0.2, 0) is 14.8 Å². The van der Waals surface area contributed by atoms with Crippen LogP contribution in [0.15, 0.2) is 52.3 Å². The van der Waals surface area contributed by atoms with Crippen LogP contribution in [0.5, 0.6) is 0 Å². The number of nitrogens with one attached hydrogen (secondary N) is 2. The Morgan fingerprint density at radius 2 is 1.84 bits per heavy atom. The Labute approximate surface area is 187 Å². The van der Waals surface area contributed by atoms with Gasteiger partial charge in [-0.05, 0) is 42.8 Å². The standard InChI is InChI=1S/C22H27N3O4S2/c1-4-25(5-2)31(28,29)18-9-6-16(7-10-18)15(3)23-22(27)17-8-11-20-19(14-17)24-21(26)12-13-30-20/h6-11,14-15H,4-5,12-13H2,1-3H3,(H,23,27)(H,24,26). The highest BCUT2D eigenvalue weighted by Gasteiger charge is 2.22. The van der Waals surface area contributed by atoms with Crippen molar-refractivity contribution in [1.29, 1.82) is 0 Å². The molecule has 1 heterocycles. The van der Waals surface area contributed by atoms with E-state index in [-0.39, 0.29) is 22.8 Å². The second kappa shape index (κ2) is 9.84. The van der Waals surface area contributed by atoms with E-state index in [1.54, 1.807) is 62.0 Å². The first kappa shape index (κ1) is 23.3. The highest BCUT2D eigenvalue weighted by molar-refractivity contribution is 7.99. The summed E-state index contributed by atoms with van der Waals surface area (Å²) in [6.45, 7) is 6.27. The molecule has 1 aliphatic heterocycles. The lowest BCUT2D eigenvalue weighted by Gasteiger charge is -2.19. The number of carbonyl (C=O) groups excluding carboxylic acids is 2. The Morgan fingerprint density at radius 1 is 1.16 bits per heavy atom. The van der Waals surface area contributed by atoms with Gasteiger partial charge in [0.1, 0.15) is 0 Å². The van der Waals surface area contributed by atoms with E-state index in [4.69, 9.17) is 0 Å². The van der Waals surface area contributed by atoms with Crippen LogP contribution in [0.3, 0.4) is 0 Å². The zero-order chi connectivity index (χ0) is 22.6. The third kappa shape index (κ3) is 5.28. The summed E-state index contributed by atoms with van der Waals surface area (Å²) in [6, 6.07) is 11.5. The lowest BCUT2D eigenvalue weighted by molar-refractivity contribution is -0.115. The number of benzene rings is 2. The maximum Gasteiger partial charge on any atom is 0.251 e. The van der Waals surface area contributed by atoms with E-state index < -0.39 is 10.0 Å². The highest BCUT2D eigenvalue weighted by atomic mass is 32.2. The van der Waals surface area contributed by atoms with Crippen molar-refractivity contribution in [1.82, 2.24) is 9.62 Å². The average molecular weight is 462 g/mol. The number of anilines is 1. The molecule has 3 rings (SSSR count). The van der Waals surface area contributed by atoms with Gasteiger partial charge in [0.25, 0.3) is 5.91 Å². The first-order chi connectivity index (χ1) is 14.8. The first-order valence-corrected chi connectivity index (χ1v) is 12.7. The molecule has 166 valence electrons. The largest absolute Gasteiger partial charge is 0.346 e.